The van der Waals surface area contributed by atoms with Crippen LogP contribution in [0, 0.1) is 12.7 Å². The minimum absolute atomic E-state index is 0.303. The normalized spacial score (nSPS) is 10.6. The molecule has 108 valence electrons. The number of hydrazone groups is 1. The molecule has 0 heterocycles. The highest BCUT2D eigenvalue weighted by Crippen LogP contribution is 2.19. The van der Waals surface area contributed by atoms with Gasteiger partial charge in [-0.2, -0.15) is 5.10 Å². The maximum absolute atomic E-state index is 13.3. The van der Waals surface area contributed by atoms with Crippen molar-refractivity contribution >= 4 is 33.9 Å². The highest BCUT2D eigenvalue weighted by Gasteiger charge is 2.02. The van der Waals surface area contributed by atoms with Gasteiger partial charge in [-0.15, -0.1) is 0 Å². The van der Waals surface area contributed by atoms with E-state index in [9.17, 15) is 9.18 Å². The standard InChI is InChI=1S/C15H13BrFN3O/c1-10-8-12(6-7-13(10)16)19-15(21)20-18-9-11-4-2-3-5-14(11)17/h2-9H,1H3,(H2,19,20,21)/b18-9+. The van der Waals surface area contributed by atoms with Crippen LogP contribution in [0.1, 0.15) is 11.1 Å². The van der Waals surface area contributed by atoms with Gasteiger partial charge < -0.3 is 5.32 Å². The molecule has 0 unspecified atom stereocenters. The van der Waals surface area contributed by atoms with Gasteiger partial charge in [-0.25, -0.2) is 14.6 Å². The van der Waals surface area contributed by atoms with Gasteiger partial charge in [-0.05, 0) is 36.8 Å². The van der Waals surface area contributed by atoms with Crippen LogP contribution in [-0.4, -0.2) is 12.2 Å². The van der Waals surface area contributed by atoms with Gasteiger partial charge in [0.1, 0.15) is 5.82 Å². The van der Waals surface area contributed by atoms with Gasteiger partial charge in [0.2, 0.25) is 0 Å². The van der Waals surface area contributed by atoms with Gasteiger partial charge in [-0.3, -0.25) is 0 Å². The molecule has 0 saturated carbocycles. The van der Waals surface area contributed by atoms with E-state index >= 15 is 0 Å². The predicted molar refractivity (Wildman–Crippen MR) is 85.0 cm³/mol. The summed E-state index contributed by atoms with van der Waals surface area (Å²) in [5.74, 6) is -0.396. The molecule has 0 atom stereocenters. The average Bonchev–Trinajstić information content (AvgIpc) is 2.45. The van der Waals surface area contributed by atoms with Crippen LogP contribution in [0.5, 0.6) is 0 Å². The lowest BCUT2D eigenvalue weighted by atomic mass is 10.2. The van der Waals surface area contributed by atoms with E-state index in [-0.39, 0.29) is 0 Å². The van der Waals surface area contributed by atoms with Crippen LogP contribution in [0.2, 0.25) is 0 Å². The van der Waals surface area contributed by atoms with Crippen molar-refractivity contribution in [3.8, 4) is 0 Å². The van der Waals surface area contributed by atoms with Gasteiger partial charge in [0.05, 0.1) is 6.21 Å². The lowest BCUT2D eigenvalue weighted by Crippen LogP contribution is -2.24. The van der Waals surface area contributed by atoms with Crippen LogP contribution in [0.3, 0.4) is 0 Å². The average molecular weight is 350 g/mol. The summed E-state index contributed by atoms with van der Waals surface area (Å²) in [7, 11) is 0. The van der Waals surface area contributed by atoms with E-state index in [1.54, 1.807) is 24.3 Å². The van der Waals surface area contributed by atoms with Crippen molar-refractivity contribution in [2.45, 2.75) is 6.92 Å². The fourth-order valence-electron chi connectivity index (χ4n) is 1.62. The summed E-state index contributed by atoms with van der Waals surface area (Å²) in [4.78, 5) is 11.6. The molecule has 0 saturated heterocycles. The Morgan fingerprint density at radius 1 is 1.29 bits per heavy atom. The van der Waals surface area contributed by atoms with Gasteiger partial charge in [0.25, 0.3) is 0 Å². The number of carbonyl (C=O) groups is 1. The summed E-state index contributed by atoms with van der Waals surface area (Å²) in [6, 6.07) is 11.1. The molecule has 0 aliphatic carbocycles. The highest BCUT2D eigenvalue weighted by molar-refractivity contribution is 9.10. The van der Waals surface area contributed by atoms with Gasteiger partial charge in [-0.1, -0.05) is 34.1 Å². The second kappa shape index (κ2) is 6.99. The summed E-state index contributed by atoms with van der Waals surface area (Å²) in [6.07, 6.45) is 1.25. The topological polar surface area (TPSA) is 53.5 Å². The second-order valence-corrected chi connectivity index (χ2v) is 5.16. The van der Waals surface area contributed by atoms with Crippen molar-refractivity contribution in [1.82, 2.24) is 5.43 Å². The largest absolute Gasteiger partial charge is 0.339 e. The quantitative estimate of drug-likeness (QED) is 0.637. The Kier molecular flexibility index (Phi) is 5.05. The SMILES string of the molecule is Cc1cc(NC(=O)N/N=C/c2ccccc2F)ccc1Br. The fraction of sp³-hybridized carbons (Fsp3) is 0.0667. The number of urea groups is 1. The molecule has 0 aliphatic rings. The summed E-state index contributed by atoms with van der Waals surface area (Å²) in [5.41, 5.74) is 4.23. The molecule has 6 heteroatoms. The monoisotopic (exact) mass is 349 g/mol. The number of halogens is 2. The number of aryl methyl sites for hydroxylation is 1. The third-order valence-electron chi connectivity index (χ3n) is 2.69. The summed E-state index contributed by atoms with van der Waals surface area (Å²) >= 11 is 3.38. The highest BCUT2D eigenvalue weighted by atomic mass is 79.9. The number of hydrogen-bond acceptors (Lipinski definition) is 2. The number of nitrogens with zero attached hydrogens (tertiary/aromatic N) is 1. The zero-order valence-electron chi connectivity index (χ0n) is 11.2. The van der Waals surface area contributed by atoms with E-state index in [1.165, 1.54) is 12.3 Å². The predicted octanol–water partition coefficient (Wildman–Crippen LogP) is 4.05. The molecule has 0 aromatic heterocycles. The number of nitrogens with one attached hydrogen (secondary N) is 2. The Hall–Kier alpha value is -2.21. The maximum Gasteiger partial charge on any atom is 0.339 e. The zero-order valence-corrected chi connectivity index (χ0v) is 12.8. The molecular formula is C15H13BrFN3O. The maximum atomic E-state index is 13.3. The van der Waals surface area contributed by atoms with Gasteiger partial charge in [0, 0.05) is 15.7 Å². The first kappa shape index (κ1) is 15.2. The number of anilines is 1. The van der Waals surface area contributed by atoms with Crippen LogP contribution in [-0.2, 0) is 0 Å². The number of rotatable bonds is 3. The Balaban J connectivity index is 1.93. The number of hydrogen-bond donors (Lipinski definition) is 2. The number of carbonyl (C=O) groups excluding carboxylic acids is 1. The lowest BCUT2D eigenvalue weighted by molar-refractivity contribution is 0.252. The Labute approximate surface area is 130 Å². The van der Waals surface area contributed by atoms with Crippen LogP contribution in [0.4, 0.5) is 14.9 Å². The van der Waals surface area contributed by atoms with E-state index in [1.807, 2.05) is 19.1 Å². The Morgan fingerprint density at radius 2 is 2.05 bits per heavy atom. The van der Waals surface area contributed by atoms with E-state index in [0.717, 1.165) is 10.0 Å². The number of amides is 2. The third-order valence-corrected chi connectivity index (χ3v) is 3.58. The summed E-state index contributed by atoms with van der Waals surface area (Å²) in [5, 5.41) is 6.33. The Bertz CT molecular complexity index is 688. The van der Waals surface area contributed by atoms with E-state index < -0.39 is 11.8 Å². The van der Waals surface area contributed by atoms with Crippen LogP contribution in [0.15, 0.2) is 52.0 Å². The van der Waals surface area contributed by atoms with Crippen LogP contribution >= 0.6 is 15.9 Å². The van der Waals surface area contributed by atoms with Crippen molar-refractivity contribution in [3.63, 3.8) is 0 Å². The van der Waals surface area contributed by atoms with E-state index in [0.29, 0.717) is 11.3 Å². The molecule has 21 heavy (non-hydrogen) atoms. The van der Waals surface area contributed by atoms with E-state index in [2.05, 4.69) is 31.8 Å². The molecule has 0 radical (unpaired) electrons. The molecule has 0 fully saturated rings. The van der Waals surface area contributed by atoms with E-state index in [4.69, 9.17) is 0 Å². The first-order valence-electron chi connectivity index (χ1n) is 6.17. The fourth-order valence-corrected chi connectivity index (χ4v) is 1.87. The molecule has 4 nitrogen and oxygen atoms in total. The second-order valence-electron chi connectivity index (χ2n) is 4.31. The number of benzene rings is 2. The third kappa shape index (κ3) is 4.39. The minimum Gasteiger partial charge on any atom is -0.307 e. The van der Waals surface area contributed by atoms with Crippen molar-refractivity contribution in [2.75, 3.05) is 5.32 Å². The zero-order chi connectivity index (χ0) is 15.2. The lowest BCUT2D eigenvalue weighted by Gasteiger charge is -2.06. The molecule has 2 N–H and O–H groups in total. The van der Waals surface area contributed by atoms with Crippen molar-refractivity contribution in [2.24, 2.45) is 5.10 Å². The smallest absolute Gasteiger partial charge is 0.307 e. The van der Waals surface area contributed by atoms with Crippen LogP contribution < -0.4 is 10.7 Å². The van der Waals surface area contributed by atoms with Crippen molar-refractivity contribution in [1.29, 1.82) is 0 Å². The minimum atomic E-state index is -0.496. The van der Waals surface area contributed by atoms with Crippen molar-refractivity contribution in [3.05, 3.63) is 63.9 Å². The molecule has 2 aromatic rings. The molecule has 0 bridgehead atoms. The first-order valence-corrected chi connectivity index (χ1v) is 6.96. The molecule has 2 rings (SSSR count). The van der Waals surface area contributed by atoms with Crippen LogP contribution in [0.25, 0.3) is 0 Å². The van der Waals surface area contributed by atoms with Gasteiger partial charge >= 0.3 is 6.03 Å². The molecule has 2 amide bonds. The molecule has 2 aromatic carbocycles. The Morgan fingerprint density at radius 3 is 2.76 bits per heavy atom. The summed E-state index contributed by atoms with van der Waals surface area (Å²) < 4.78 is 14.3. The molecule has 0 spiro atoms. The van der Waals surface area contributed by atoms with Gasteiger partial charge in [0.15, 0.2) is 0 Å². The molecular weight excluding hydrogens is 337 g/mol. The first-order chi connectivity index (χ1) is 10.1. The van der Waals surface area contributed by atoms with Crippen molar-refractivity contribution < 1.29 is 9.18 Å². The summed E-state index contributed by atoms with van der Waals surface area (Å²) in [6.45, 7) is 1.92. The molecule has 0 aliphatic heterocycles.